The van der Waals surface area contributed by atoms with Crippen LogP contribution in [-0.4, -0.2) is 11.0 Å². The van der Waals surface area contributed by atoms with Gasteiger partial charge in [-0.3, -0.25) is 4.90 Å². The molecule has 6 rings (SSSR count). The standard InChI is InChI=1S/C30H20FN3OS/c31-22-17-15-20(16-18-22)24-9-6-10-25(33-24)21-7-5-8-23(19-21)32-30(35)34-26-11-1-3-13-28(26)36-29-14-4-2-12-27(29)34/h1-19H,(H,32,35). The highest BCUT2D eigenvalue weighted by atomic mass is 32.2. The maximum Gasteiger partial charge on any atom is 0.331 e. The molecule has 5 aromatic rings. The molecule has 0 aliphatic carbocycles. The normalized spacial score (nSPS) is 12.0. The number of amides is 2. The highest BCUT2D eigenvalue weighted by molar-refractivity contribution is 7.99. The summed E-state index contributed by atoms with van der Waals surface area (Å²) in [6.45, 7) is 0. The molecule has 4 nitrogen and oxygen atoms in total. The minimum atomic E-state index is -0.282. The van der Waals surface area contributed by atoms with Crippen LogP contribution in [0.3, 0.4) is 0 Å². The van der Waals surface area contributed by atoms with Crippen molar-refractivity contribution in [3.8, 4) is 22.5 Å². The average Bonchev–Trinajstić information content (AvgIpc) is 2.92. The first-order chi connectivity index (χ1) is 17.7. The Hall–Kier alpha value is -4.42. The van der Waals surface area contributed by atoms with Gasteiger partial charge in [-0.15, -0.1) is 0 Å². The topological polar surface area (TPSA) is 45.2 Å². The number of nitrogens with one attached hydrogen (secondary N) is 1. The molecule has 0 saturated carbocycles. The number of rotatable bonds is 3. The van der Waals surface area contributed by atoms with Crippen molar-refractivity contribution in [3.05, 3.63) is 121 Å². The zero-order chi connectivity index (χ0) is 24.5. The van der Waals surface area contributed by atoms with Crippen molar-refractivity contribution in [2.75, 3.05) is 10.2 Å². The van der Waals surface area contributed by atoms with Crippen molar-refractivity contribution >= 4 is 34.9 Å². The Morgan fingerprint density at radius 3 is 2.00 bits per heavy atom. The van der Waals surface area contributed by atoms with Gasteiger partial charge in [0.25, 0.3) is 0 Å². The van der Waals surface area contributed by atoms with Gasteiger partial charge in [-0.1, -0.05) is 54.2 Å². The van der Waals surface area contributed by atoms with E-state index in [9.17, 15) is 9.18 Å². The Labute approximate surface area is 212 Å². The molecule has 36 heavy (non-hydrogen) atoms. The molecule has 0 unspecified atom stereocenters. The van der Waals surface area contributed by atoms with Crippen molar-refractivity contribution in [3.63, 3.8) is 0 Å². The minimum absolute atomic E-state index is 0.236. The Morgan fingerprint density at radius 1 is 0.694 bits per heavy atom. The third-order valence-corrected chi connectivity index (χ3v) is 7.06. The number of carbonyl (C=O) groups is 1. The number of halogens is 1. The van der Waals surface area contributed by atoms with Gasteiger partial charge in [0.15, 0.2) is 0 Å². The second-order valence-corrected chi connectivity index (χ2v) is 9.38. The van der Waals surface area contributed by atoms with Crippen LogP contribution >= 0.6 is 11.8 Å². The Morgan fingerprint density at radius 2 is 1.31 bits per heavy atom. The van der Waals surface area contributed by atoms with Gasteiger partial charge < -0.3 is 5.32 Å². The van der Waals surface area contributed by atoms with Crippen molar-refractivity contribution in [2.45, 2.75) is 9.79 Å². The highest BCUT2D eigenvalue weighted by Crippen LogP contribution is 2.48. The third kappa shape index (κ3) is 4.23. The second-order valence-electron chi connectivity index (χ2n) is 8.30. The number of aromatic nitrogens is 1. The fourth-order valence-corrected chi connectivity index (χ4v) is 5.29. The lowest BCUT2D eigenvalue weighted by Gasteiger charge is -2.31. The fraction of sp³-hybridized carbons (Fsp3) is 0. The maximum absolute atomic E-state index is 13.6. The molecule has 2 amide bonds. The summed E-state index contributed by atoms with van der Waals surface area (Å²) in [5.74, 6) is -0.282. The Bertz CT molecular complexity index is 1540. The van der Waals surface area contributed by atoms with Crippen LogP contribution < -0.4 is 10.2 Å². The van der Waals surface area contributed by atoms with E-state index in [2.05, 4.69) is 5.32 Å². The first-order valence-corrected chi connectivity index (χ1v) is 12.3. The lowest BCUT2D eigenvalue weighted by Crippen LogP contribution is -2.32. The number of pyridine rings is 1. The fourth-order valence-electron chi connectivity index (χ4n) is 4.24. The van der Waals surface area contributed by atoms with Crippen LogP contribution in [0.5, 0.6) is 0 Å². The van der Waals surface area contributed by atoms with Crippen LogP contribution in [0.25, 0.3) is 22.5 Å². The van der Waals surface area contributed by atoms with E-state index in [1.165, 1.54) is 12.1 Å². The molecule has 1 aliphatic heterocycles. The molecular weight excluding hydrogens is 469 g/mol. The predicted octanol–water partition coefficient (Wildman–Crippen LogP) is 8.39. The van der Waals surface area contributed by atoms with Gasteiger partial charge in [0.1, 0.15) is 5.82 Å². The molecule has 6 heteroatoms. The van der Waals surface area contributed by atoms with Gasteiger partial charge in [0.05, 0.1) is 22.8 Å². The minimum Gasteiger partial charge on any atom is -0.307 e. The van der Waals surface area contributed by atoms with E-state index in [-0.39, 0.29) is 11.8 Å². The number of carbonyl (C=O) groups excluding carboxylic acids is 1. The molecule has 4 aromatic carbocycles. The molecule has 0 radical (unpaired) electrons. The van der Waals surface area contributed by atoms with Crippen molar-refractivity contribution in [1.29, 1.82) is 0 Å². The lowest BCUT2D eigenvalue weighted by atomic mass is 10.1. The number of benzene rings is 4. The number of nitrogens with zero attached hydrogens (tertiary/aromatic N) is 2. The lowest BCUT2D eigenvalue weighted by molar-refractivity contribution is 0.259. The summed E-state index contributed by atoms with van der Waals surface area (Å²) in [4.78, 5) is 22.1. The largest absolute Gasteiger partial charge is 0.331 e. The molecular formula is C30H20FN3OS. The summed E-state index contributed by atoms with van der Waals surface area (Å²) < 4.78 is 13.3. The second kappa shape index (κ2) is 9.32. The molecule has 0 fully saturated rings. The quantitative estimate of drug-likeness (QED) is 0.277. The number of anilines is 3. The number of hydrogen-bond donors (Lipinski definition) is 1. The van der Waals surface area contributed by atoms with E-state index in [0.29, 0.717) is 5.69 Å². The summed E-state index contributed by atoms with van der Waals surface area (Å²) in [5, 5.41) is 3.06. The number of hydrogen-bond acceptors (Lipinski definition) is 3. The summed E-state index contributed by atoms with van der Waals surface area (Å²) in [7, 11) is 0. The first kappa shape index (κ1) is 22.1. The highest BCUT2D eigenvalue weighted by Gasteiger charge is 2.28. The summed E-state index contributed by atoms with van der Waals surface area (Å²) in [5.41, 5.74) is 5.58. The molecule has 0 atom stereocenters. The smallest absolute Gasteiger partial charge is 0.307 e. The predicted molar refractivity (Wildman–Crippen MR) is 143 cm³/mol. The van der Waals surface area contributed by atoms with Crippen LogP contribution in [-0.2, 0) is 0 Å². The van der Waals surface area contributed by atoms with Crippen molar-refractivity contribution in [1.82, 2.24) is 4.98 Å². The molecule has 1 aliphatic rings. The molecule has 0 saturated heterocycles. The molecule has 2 heterocycles. The van der Waals surface area contributed by atoms with E-state index < -0.39 is 0 Å². The van der Waals surface area contributed by atoms with Crippen LogP contribution in [0.1, 0.15) is 0 Å². The van der Waals surface area contributed by atoms with Gasteiger partial charge >= 0.3 is 6.03 Å². The van der Waals surface area contributed by atoms with E-state index in [1.54, 1.807) is 28.8 Å². The van der Waals surface area contributed by atoms with Gasteiger partial charge in [-0.25, -0.2) is 14.2 Å². The number of fused-ring (bicyclic) bond motifs is 2. The van der Waals surface area contributed by atoms with Crippen LogP contribution in [0.4, 0.5) is 26.2 Å². The first-order valence-electron chi connectivity index (χ1n) is 11.5. The van der Waals surface area contributed by atoms with Crippen molar-refractivity contribution < 1.29 is 9.18 Å². The Balaban J connectivity index is 1.30. The van der Waals surface area contributed by atoms with Gasteiger partial charge in [0.2, 0.25) is 0 Å². The summed E-state index contributed by atoms with van der Waals surface area (Å²) in [6.07, 6.45) is 0. The zero-order valence-electron chi connectivity index (χ0n) is 19.1. The van der Waals surface area contributed by atoms with E-state index in [4.69, 9.17) is 4.98 Å². The number of para-hydroxylation sites is 2. The number of urea groups is 1. The van der Waals surface area contributed by atoms with Crippen LogP contribution in [0.15, 0.2) is 125 Å². The maximum atomic E-state index is 13.6. The molecule has 0 spiro atoms. The van der Waals surface area contributed by atoms with Crippen LogP contribution in [0, 0.1) is 5.82 Å². The van der Waals surface area contributed by atoms with Gasteiger partial charge in [-0.05, 0) is 72.8 Å². The van der Waals surface area contributed by atoms with E-state index in [0.717, 1.165) is 43.7 Å². The SMILES string of the molecule is O=C(Nc1cccc(-c2cccc(-c3ccc(F)cc3)n2)c1)N1c2ccccc2Sc2ccccc21. The zero-order valence-corrected chi connectivity index (χ0v) is 19.9. The molecule has 0 bridgehead atoms. The monoisotopic (exact) mass is 489 g/mol. The van der Waals surface area contributed by atoms with Crippen molar-refractivity contribution in [2.24, 2.45) is 0 Å². The summed E-state index contributed by atoms with van der Waals surface area (Å²) in [6, 6.07) is 35.2. The summed E-state index contributed by atoms with van der Waals surface area (Å²) >= 11 is 1.66. The van der Waals surface area contributed by atoms with Crippen LogP contribution in [0.2, 0.25) is 0 Å². The van der Waals surface area contributed by atoms with Gasteiger partial charge in [0, 0.05) is 26.6 Å². The average molecular weight is 490 g/mol. The molecule has 1 N–H and O–H groups in total. The molecule has 1 aromatic heterocycles. The van der Waals surface area contributed by atoms with E-state index >= 15 is 0 Å². The van der Waals surface area contributed by atoms with E-state index in [1.807, 2.05) is 91.0 Å². The van der Waals surface area contributed by atoms with Gasteiger partial charge in [-0.2, -0.15) is 0 Å². The third-order valence-electron chi connectivity index (χ3n) is 5.93. The Kier molecular flexibility index (Phi) is 5.71. The molecule has 174 valence electrons.